The maximum absolute atomic E-state index is 11.5. The Morgan fingerprint density at radius 3 is 2.50 bits per heavy atom. The number of urea groups is 1. The van der Waals surface area contributed by atoms with E-state index in [4.69, 9.17) is 0 Å². The Morgan fingerprint density at radius 1 is 1.17 bits per heavy atom. The molecule has 102 valence electrons. The number of carbonyl (C=O) groups excluding carboxylic acids is 1. The minimum atomic E-state index is -2.94. The van der Waals surface area contributed by atoms with Crippen molar-refractivity contribution in [2.45, 2.75) is 38.1 Å². The number of nitrogens with one attached hydrogen (secondary N) is 2. The van der Waals surface area contributed by atoms with E-state index in [0.29, 0.717) is 12.3 Å². The average Bonchev–Trinajstić information content (AvgIpc) is 2.88. The Morgan fingerprint density at radius 2 is 1.89 bits per heavy atom. The van der Waals surface area contributed by atoms with E-state index in [9.17, 15) is 13.2 Å². The fourth-order valence-electron chi connectivity index (χ4n) is 2.55. The first-order valence-corrected chi connectivity index (χ1v) is 8.31. The van der Waals surface area contributed by atoms with Gasteiger partial charge < -0.3 is 10.6 Å². The zero-order valence-corrected chi connectivity index (χ0v) is 11.2. The third kappa shape index (κ3) is 4.01. The fourth-order valence-corrected chi connectivity index (χ4v) is 4.22. The van der Waals surface area contributed by atoms with Crippen LogP contribution >= 0.6 is 0 Å². The maximum Gasteiger partial charge on any atom is 0.318 e. The molecule has 5 nitrogen and oxygen atoms in total. The Hall–Kier alpha value is -1.04. The molecule has 2 fully saturated rings. The van der Waals surface area contributed by atoms with E-state index in [1.54, 1.807) is 6.20 Å². The van der Waals surface area contributed by atoms with Crippen molar-refractivity contribution >= 4 is 15.9 Å². The monoisotopic (exact) mass is 272 g/mol. The Labute approximate surface area is 108 Å². The quantitative estimate of drug-likeness (QED) is 0.810. The van der Waals surface area contributed by atoms with E-state index in [-0.39, 0.29) is 23.6 Å². The molecule has 1 saturated heterocycles. The summed E-state index contributed by atoms with van der Waals surface area (Å²) < 4.78 is 22.4. The van der Waals surface area contributed by atoms with E-state index < -0.39 is 9.84 Å². The lowest BCUT2D eigenvalue weighted by Crippen LogP contribution is -2.40. The van der Waals surface area contributed by atoms with Gasteiger partial charge in [-0.3, -0.25) is 0 Å². The summed E-state index contributed by atoms with van der Waals surface area (Å²) in [6, 6.07) is -0.554. The second kappa shape index (κ2) is 5.73. The molecular formula is C12H20N2O3S. The molecular weight excluding hydrogens is 252 g/mol. The molecule has 2 N–H and O–H groups in total. The summed E-state index contributed by atoms with van der Waals surface area (Å²) >= 11 is 0. The second-order valence-corrected chi connectivity index (χ2v) is 7.35. The van der Waals surface area contributed by atoms with Crippen molar-refractivity contribution in [2.24, 2.45) is 5.92 Å². The van der Waals surface area contributed by atoms with Crippen molar-refractivity contribution in [3.63, 3.8) is 0 Å². The van der Waals surface area contributed by atoms with Gasteiger partial charge >= 0.3 is 6.03 Å². The summed E-state index contributed by atoms with van der Waals surface area (Å²) in [6.45, 7) is 0. The van der Waals surface area contributed by atoms with Gasteiger partial charge in [-0.15, -0.1) is 0 Å². The molecule has 1 aliphatic carbocycles. The first-order chi connectivity index (χ1) is 8.55. The molecule has 2 aliphatic rings. The smallest absolute Gasteiger partial charge is 0.318 e. The highest BCUT2D eigenvalue weighted by atomic mass is 32.2. The number of rotatable bonds is 3. The molecule has 0 radical (unpaired) electrons. The van der Waals surface area contributed by atoms with Crippen LogP contribution in [0.5, 0.6) is 0 Å². The highest BCUT2D eigenvalue weighted by Crippen LogP contribution is 2.25. The molecule has 2 amide bonds. The minimum Gasteiger partial charge on any atom is -0.334 e. The molecule has 1 unspecified atom stereocenters. The zero-order valence-electron chi connectivity index (χ0n) is 10.4. The van der Waals surface area contributed by atoms with Gasteiger partial charge in [0.05, 0.1) is 11.5 Å². The summed E-state index contributed by atoms with van der Waals surface area (Å²) in [4.78, 5) is 11.5. The topological polar surface area (TPSA) is 75.3 Å². The highest BCUT2D eigenvalue weighted by Gasteiger charge is 2.28. The first-order valence-electron chi connectivity index (χ1n) is 6.49. The maximum atomic E-state index is 11.5. The van der Waals surface area contributed by atoms with Crippen LogP contribution in [0.15, 0.2) is 12.3 Å². The number of allylic oxidation sites excluding steroid dienone is 1. The fraction of sp³-hybridized carbons (Fsp3) is 0.750. The van der Waals surface area contributed by atoms with Gasteiger partial charge in [0.25, 0.3) is 0 Å². The normalized spacial score (nSPS) is 27.7. The number of sulfone groups is 1. The SMILES string of the molecule is O=C(N/C=C/C1CCCC1)NC1CCS(=O)(=O)C1. The van der Waals surface area contributed by atoms with Crippen molar-refractivity contribution in [1.29, 1.82) is 0 Å². The lowest BCUT2D eigenvalue weighted by molar-refractivity contribution is 0.241. The molecule has 0 spiro atoms. The molecule has 1 atom stereocenters. The molecule has 1 saturated carbocycles. The molecule has 0 aromatic rings. The van der Waals surface area contributed by atoms with Crippen LogP contribution in [0.2, 0.25) is 0 Å². The summed E-state index contributed by atoms with van der Waals surface area (Å²) in [6.07, 6.45) is 9.14. The molecule has 0 aromatic heterocycles. The number of hydrogen-bond donors (Lipinski definition) is 2. The predicted molar refractivity (Wildman–Crippen MR) is 69.8 cm³/mol. The van der Waals surface area contributed by atoms with Gasteiger partial charge in [0.15, 0.2) is 9.84 Å². The van der Waals surface area contributed by atoms with Crippen LogP contribution in [-0.2, 0) is 9.84 Å². The number of hydrogen-bond acceptors (Lipinski definition) is 3. The number of carbonyl (C=O) groups is 1. The summed E-state index contributed by atoms with van der Waals surface area (Å²) in [5.74, 6) is 0.819. The minimum absolute atomic E-state index is 0.0623. The number of amides is 2. The second-order valence-electron chi connectivity index (χ2n) is 5.12. The van der Waals surface area contributed by atoms with E-state index in [1.165, 1.54) is 25.7 Å². The molecule has 1 aliphatic heterocycles. The molecule has 6 heteroatoms. The van der Waals surface area contributed by atoms with E-state index >= 15 is 0 Å². The van der Waals surface area contributed by atoms with E-state index in [0.717, 1.165) is 0 Å². The zero-order chi connectivity index (χ0) is 13.0. The Kier molecular flexibility index (Phi) is 4.27. The third-order valence-corrected chi connectivity index (χ3v) is 5.32. The average molecular weight is 272 g/mol. The van der Waals surface area contributed by atoms with Gasteiger partial charge in [-0.05, 0) is 25.2 Å². The lowest BCUT2D eigenvalue weighted by atomic mass is 10.1. The summed E-state index contributed by atoms with van der Waals surface area (Å²) in [5.41, 5.74) is 0. The molecule has 2 rings (SSSR count). The molecule has 18 heavy (non-hydrogen) atoms. The molecule has 0 bridgehead atoms. The highest BCUT2D eigenvalue weighted by molar-refractivity contribution is 7.91. The molecule has 0 aromatic carbocycles. The van der Waals surface area contributed by atoms with Crippen molar-refractivity contribution < 1.29 is 13.2 Å². The van der Waals surface area contributed by atoms with Crippen molar-refractivity contribution in [2.75, 3.05) is 11.5 Å². The van der Waals surface area contributed by atoms with Crippen LogP contribution in [0.1, 0.15) is 32.1 Å². The van der Waals surface area contributed by atoms with Crippen molar-refractivity contribution in [3.05, 3.63) is 12.3 Å². The standard InChI is InChI=1S/C12H20N2O3S/c15-12(13-7-5-10-3-1-2-4-10)14-11-6-8-18(16,17)9-11/h5,7,10-11H,1-4,6,8-9H2,(H2,13,14,15)/b7-5+. The first kappa shape index (κ1) is 13.4. The van der Waals surface area contributed by atoms with Crippen LogP contribution in [0.4, 0.5) is 4.79 Å². The van der Waals surface area contributed by atoms with Gasteiger partial charge in [-0.25, -0.2) is 13.2 Å². The lowest BCUT2D eigenvalue weighted by Gasteiger charge is -2.10. The van der Waals surface area contributed by atoms with Crippen LogP contribution in [0.25, 0.3) is 0 Å². The van der Waals surface area contributed by atoms with Gasteiger partial charge in [-0.2, -0.15) is 0 Å². The van der Waals surface area contributed by atoms with Crippen molar-refractivity contribution in [3.8, 4) is 0 Å². The van der Waals surface area contributed by atoms with Crippen LogP contribution in [0.3, 0.4) is 0 Å². The Bertz CT molecular complexity index is 425. The third-order valence-electron chi connectivity index (χ3n) is 3.55. The molecule has 1 heterocycles. The van der Waals surface area contributed by atoms with Gasteiger partial charge in [0, 0.05) is 12.2 Å². The van der Waals surface area contributed by atoms with Crippen LogP contribution in [0, 0.1) is 5.92 Å². The van der Waals surface area contributed by atoms with Crippen LogP contribution in [-0.4, -0.2) is 32.0 Å². The van der Waals surface area contributed by atoms with Gasteiger partial charge in [0.1, 0.15) is 0 Å². The summed E-state index contributed by atoms with van der Waals surface area (Å²) in [5, 5.41) is 5.32. The van der Waals surface area contributed by atoms with E-state index in [2.05, 4.69) is 10.6 Å². The van der Waals surface area contributed by atoms with Gasteiger partial charge in [0.2, 0.25) is 0 Å². The van der Waals surface area contributed by atoms with Crippen LogP contribution < -0.4 is 10.6 Å². The largest absolute Gasteiger partial charge is 0.334 e. The summed E-state index contributed by atoms with van der Waals surface area (Å²) in [7, 11) is -2.94. The predicted octanol–water partition coefficient (Wildman–Crippen LogP) is 1.18. The van der Waals surface area contributed by atoms with Crippen molar-refractivity contribution in [1.82, 2.24) is 10.6 Å². The Balaban J connectivity index is 1.69. The van der Waals surface area contributed by atoms with E-state index in [1.807, 2.05) is 6.08 Å². The van der Waals surface area contributed by atoms with Gasteiger partial charge in [-0.1, -0.05) is 18.9 Å².